The molecule has 3 heteroatoms. The fourth-order valence-corrected chi connectivity index (χ4v) is 4.04. The van der Waals surface area contributed by atoms with E-state index in [1.807, 2.05) is 44.4 Å². The van der Waals surface area contributed by atoms with Gasteiger partial charge < -0.3 is 5.32 Å². The first-order chi connectivity index (χ1) is 14.6. The second-order valence-corrected chi connectivity index (χ2v) is 7.57. The summed E-state index contributed by atoms with van der Waals surface area (Å²) < 4.78 is 0. The van der Waals surface area contributed by atoms with E-state index < -0.39 is 0 Å². The van der Waals surface area contributed by atoms with Crippen LogP contribution in [0.15, 0.2) is 73.1 Å². The fraction of sp³-hybridized carbons (Fsp3) is 0.185. The van der Waals surface area contributed by atoms with Crippen LogP contribution in [0.4, 0.5) is 5.69 Å². The molecule has 0 aliphatic carbocycles. The number of carbonyl (C=O) groups is 1. The van der Waals surface area contributed by atoms with Crippen LogP contribution in [0, 0.1) is 0 Å². The first kappa shape index (κ1) is 19.8. The van der Waals surface area contributed by atoms with Gasteiger partial charge in [0.1, 0.15) is 0 Å². The number of anilines is 1. The Labute approximate surface area is 178 Å². The maximum absolute atomic E-state index is 12.4. The summed E-state index contributed by atoms with van der Waals surface area (Å²) in [5, 5.41) is 3.41. The zero-order valence-electron chi connectivity index (χ0n) is 17.7. The Bertz CT molecular complexity index is 1170. The van der Waals surface area contributed by atoms with Crippen molar-refractivity contribution < 1.29 is 4.79 Å². The van der Waals surface area contributed by atoms with Gasteiger partial charge >= 0.3 is 0 Å². The van der Waals surface area contributed by atoms with Crippen LogP contribution in [-0.4, -0.2) is 17.3 Å². The molecule has 4 rings (SSSR count). The van der Waals surface area contributed by atoms with Crippen molar-refractivity contribution in [3.8, 4) is 22.3 Å². The molecule has 0 fully saturated rings. The summed E-state index contributed by atoms with van der Waals surface area (Å²) in [6, 6.07) is 14.7. The fourth-order valence-electron chi connectivity index (χ4n) is 4.04. The van der Waals surface area contributed by atoms with Crippen LogP contribution < -0.4 is 5.32 Å². The van der Waals surface area contributed by atoms with Gasteiger partial charge in [-0.3, -0.25) is 9.78 Å². The normalized spacial score (nSPS) is 13.4. The van der Waals surface area contributed by atoms with Gasteiger partial charge in [-0.15, -0.1) is 0 Å². The van der Waals surface area contributed by atoms with Gasteiger partial charge in [-0.25, -0.2) is 0 Å². The smallest absolute Gasteiger partial charge is 0.160 e. The van der Waals surface area contributed by atoms with Gasteiger partial charge in [0, 0.05) is 41.3 Å². The number of nitrogens with zero attached hydrogens (tertiary/aromatic N) is 1. The second-order valence-electron chi connectivity index (χ2n) is 7.57. The van der Waals surface area contributed by atoms with E-state index in [9.17, 15) is 4.79 Å². The molecule has 0 radical (unpaired) electrons. The molecule has 0 atom stereocenters. The van der Waals surface area contributed by atoms with E-state index >= 15 is 0 Å². The summed E-state index contributed by atoms with van der Waals surface area (Å²) in [7, 11) is 0. The number of carbonyl (C=O) groups excluding carboxylic acids is 1. The number of fused-ring (bicyclic) bond motifs is 1. The number of ketones is 1. The molecule has 150 valence electrons. The summed E-state index contributed by atoms with van der Waals surface area (Å²) >= 11 is 0. The van der Waals surface area contributed by atoms with Gasteiger partial charge in [0.05, 0.1) is 0 Å². The predicted octanol–water partition coefficient (Wildman–Crippen LogP) is 6.57. The second kappa shape index (κ2) is 8.50. The maximum Gasteiger partial charge on any atom is 0.160 e. The van der Waals surface area contributed by atoms with E-state index in [4.69, 9.17) is 0 Å². The number of benzene rings is 2. The minimum absolute atomic E-state index is 0.0554. The van der Waals surface area contributed by atoms with E-state index in [2.05, 4.69) is 52.8 Å². The third-order valence-electron chi connectivity index (χ3n) is 5.59. The molecule has 0 saturated carbocycles. The number of hydrogen-bond acceptors (Lipinski definition) is 3. The van der Waals surface area contributed by atoms with Gasteiger partial charge in [0.25, 0.3) is 0 Å². The molecule has 1 aliphatic heterocycles. The lowest BCUT2D eigenvalue weighted by atomic mass is 9.92. The lowest BCUT2D eigenvalue weighted by Crippen LogP contribution is -1.98. The summed E-state index contributed by atoms with van der Waals surface area (Å²) in [5.74, 6) is 0.0554. The number of rotatable bonds is 5. The van der Waals surface area contributed by atoms with E-state index in [0.717, 1.165) is 40.8 Å². The van der Waals surface area contributed by atoms with E-state index in [-0.39, 0.29) is 5.78 Å². The van der Waals surface area contributed by atoms with Crippen molar-refractivity contribution in [2.24, 2.45) is 0 Å². The Balaban J connectivity index is 1.83. The summed E-state index contributed by atoms with van der Waals surface area (Å²) in [6.45, 7) is 6.63. The molecule has 3 nitrogen and oxygen atoms in total. The molecule has 2 aromatic carbocycles. The summed E-state index contributed by atoms with van der Waals surface area (Å²) in [6.07, 6.45) is 10.9. The molecule has 0 spiro atoms. The Morgan fingerprint density at radius 1 is 1.00 bits per heavy atom. The largest absolute Gasteiger partial charge is 0.384 e. The highest BCUT2D eigenvalue weighted by Crippen LogP contribution is 2.33. The van der Waals surface area contributed by atoms with E-state index in [0.29, 0.717) is 5.56 Å². The van der Waals surface area contributed by atoms with Crippen LogP contribution in [-0.2, 0) is 6.42 Å². The highest BCUT2D eigenvalue weighted by Gasteiger charge is 2.15. The quantitative estimate of drug-likeness (QED) is 0.393. The van der Waals surface area contributed by atoms with Crippen LogP contribution in [0.1, 0.15) is 42.3 Å². The topological polar surface area (TPSA) is 42.0 Å². The lowest BCUT2D eigenvalue weighted by molar-refractivity contribution is 0.101. The predicted molar refractivity (Wildman–Crippen MR) is 126 cm³/mol. The van der Waals surface area contributed by atoms with Crippen molar-refractivity contribution in [1.82, 2.24) is 4.98 Å². The number of pyridine rings is 1. The van der Waals surface area contributed by atoms with Crippen molar-refractivity contribution in [3.05, 3.63) is 89.8 Å². The van der Waals surface area contributed by atoms with Gasteiger partial charge in [-0.05, 0) is 79.3 Å². The number of Topliss-reactive ketones (excluding diaryl/α,β-unsaturated/α-hetero) is 1. The van der Waals surface area contributed by atoms with Gasteiger partial charge in [-0.2, -0.15) is 0 Å². The third-order valence-corrected chi connectivity index (χ3v) is 5.59. The first-order valence-corrected chi connectivity index (χ1v) is 10.4. The Kier molecular flexibility index (Phi) is 5.62. The molecular weight excluding hydrogens is 368 g/mol. The summed E-state index contributed by atoms with van der Waals surface area (Å²) in [5.41, 5.74) is 9.58. The molecular formula is C27H26N2O. The van der Waals surface area contributed by atoms with Crippen molar-refractivity contribution in [2.75, 3.05) is 11.9 Å². The molecule has 0 saturated heterocycles. The van der Waals surface area contributed by atoms with Crippen LogP contribution >= 0.6 is 0 Å². The molecule has 30 heavy (non-hydrogen) atoms. The number of nitrogens with one attached hydrogen (secondary N) is 1. The molecule has 0 amide bonds. The summed E-state index contributed by atoms with van der Waals surface area (Å²) in [4.78, 5) is 16.8. The molecule has 1 aromatic heterocycles. The number of aromatic nitrogens is 1. The zero-order valence-corrected chi connectivity index (χ0v) is 17.7. The molecule has 1 N–H and O–H groups in total. The highest BCUT2D eigenvalue weighted by atomic mass is 16.1. The van der Waals surface area contributed by atoms with Gasteiger partial charge in [0.15, 0.2) is 5.78 Å². The van der Waals surface area contributed by atoms with Crippen molar-refractivity contribution in [1.29, 1.82) is 0 Å². The van der Waals surface area contributed by atoms with Gasteiger partial charge in [-0.1, -0.05) is 36.4 Å². The van der Waals surface area contributed by atoms with Crippen molar-refractivity contribution >= 4 is 17.0 Å². The zero-order chi connectivity index (χ0) is 21.1. The van der Waals surface area contributed by atoms with Crippen LogP contribution in [0.25, 0.3) is 27.8 Å². The average molecular weight is 395 g/mol. The van der Waals surface area contributed by atoms with Gasteiger partial charge in [0.2, 0.25) is 0 Å². The standard InChI is InChI=1S/C27H26N2O/c1-4-6-19(5-2)23-14-24(17-28-16-23)26-15-21(7-9-25(26)18(3)30)20-8-10-27-22(13-20)11-12-29-27/h4-10,13-17,29H,11-12H2,1-3H3/b6-4-,19-5+. The average Bonchev–Trinajstić information content (AvgIpc) is 3.25. The van der Waals surface area contributed by atoms with Crippen molar-refractivity contribution in [2.45, 2.75) is 27.2 Å². The van der Waals surface area contributed by atoms with Crippen molar-refractivity contribution in [3.63, 3.8) is 0 Å². The monoisotopic (exact) mass is 394 g/mol. The number of allylic oxidation sites excluding steroid dienone is 4. The Morgan fingerprint density at radius 3 is 2.57 bits per heavy atom. The molecule has 1 aliphatic rings. The van der Waals surface area contributed by atoms with E-state index in [1.165, 1.54) is 16.8 Å². The third kappa shape index (κ3) is 3.84. The minimum atomic E-state index is 0.0554. The Hall–Kier alpha value is -3.46. The minimum Gasteiger partial charge on any atom is -0.384 e. The SMILES string of the molecule is C/C=C\C(=C/C)c1cncc(-c2cc(-c3ccc4c(c3)CCN4)ccc2C(C)=O)c1. The number of hydrogen-bond donors (Lipinski definition) is 1. The Morgan fingerprint density at radius 2 is 1.80 bits per heavy atom. The van der Waals surface area contributed by atoms with Crippen LogP contribution in [0.5, 0.6) is 0 Å². The molecule has 0 unspecified atom stereocenters. The highest BCUT2D eigenvalue weighted by molar-refractivity contribution is 6.02. The molecule has 2 heterocycles. The first-order valence-electron chi connectivity index (χ1n) is 10.4. The van der Waals surface area contributed by atoms with E-state index in [1.54, 1.807) is 6.92 Å². The van der Waals surface area contributed by atoms with Crippen LogP contribution in [0.3, 0.4) is 0 Å². The maximum atomic E-state index is 12.4. The molecule has 0 bridgehead atoms. The van der Waals surface area contributed by atoms with Crippen LogP contribution in [0.2, 0.25) is 0 Å². The lowest BCUT2D eigenvalue weighted by Gasteiger charge is -2.13. The molecule has 3 aromatic rings.